The molecule has 184 valence electrons. The summed E-state index contributed by atoms with van der Waals surface area (Å²) < 4.78 is 27.3. The molecule has 1 saturated carbocycles. The summed E-state index contributed by atoms with van der Waals surface area (Å²) in [4.78, 5) is 27.1. The molecule has 2 aromatic rings. The standard InChI is InChI=1S/C28H31F2N3O2/c1-17-6-11-26(27(34)32-17)33-16-21-13-18(7-10-23(21)28(33)35)12-19-4-2-3-5-25(19)31-15-20-8-9-22(29)14-24(20)30/h7-10,13-14,19,25-26,31H,1-6,11-12,15-16H2,(H,32,34)/t19-,25+,26?/m1/s1. The number of allylic oxidation sites excluding steroid dienone is 1. The van der Waals surface area contributed by atoms with Crippen molar-refractivity contribution in [1.82, 2.24) is 15.5 Å². The van der Waals surface area contributed by atoms with Crippen molar-refractivity contribution in [3.05, 3.63) is 82.6 Å². The predicted molar refractivity (Wildman–Crippen MR) is 129 cm³/mol. The summed E-state index contributed by atoms with van der Waals surface area (Å²) in [6.45, 7) is 4.64. The van der Waals surface area contributed by atoms with Crippen molar-refractivity contribution in [3.63, 3.8) is 0 Å². The lowest BCUT2D eigenvalue weighted by molar-refractivity contribution is -0.126. The van der Waals surface area contributed by atoms with E-state index in [0.29, 0.717) is 48.7 Å². The van der Waals surface area contributed by atoms with Crippen LogP contribution in [0.5, 0.6) is 0 Å². The predicted octanol–water partition coefficient (Wildman–Crippen LogP) is 4.60. The van der Waals surface area contributed by atoms with Crippen LogP contribution in [-0.2, 0) is 24.3 Å². The second-order valence-corrected chi connectivity index (χ2v) is 10.0. The first-order valence-corrected chi connectivity index (χ1v) is 12.5. The summed E-state index contributed by atoms with van der Waals surface area (Å²) >= 11 is 0. The van der Waals surface area contributed by atoms with Crippen LogP contribution in [0.1, 0.15) is 65.6 Å². The molecule has 3 atom stereocenters. The van der Waals surface area contributed by atoms with Crippen LogP contribution in [0.2, 0.25) is 0 Å². The van der Waals surface area contributed by atoms with Gasteiger partial charge >= 0.3 is 0 Å². The lowest BCUT2D eigenvalue weighted by atomic mass is 9.80. The smallest absolute Gasteiger partial charge is 0.255 e. The van der Waals surface area contributed by atoms with Gasteiger partial charge in [0.05, 0.1) is 0 Å². The molecule has 5 rings (SSSR count). The van der Waals surface area contributed by atoms with Gasteiger partial charge in [-0.05, 0) is 61.3 Å². The highest BCUT2D eigenvalue weighted by atomic mass is 19.1. The van der Waals surface area contributed by atoms with Crippen molar-refractivity contribution in [3.8, 4) is 0 Å². The van der Waals surface area contributed by atoms with Crippen LogP contribution >= 0.6 is 0 Å². The van der Waals surface area contributed by atoms with E-state index in [0.717, 1.165) is 43.7 Å². The molecular formula is C28H31F2N3O2. The third-order valence-electron chi connectivity index (χ3n) is 7.68. The third kappa shape index (κ3) is 5.01. The van der Waals surface area contributed by atoms with E-state index in [9.17, 15) is 18.4 Å². The molecule has 2 amide bonds. The molecular weight excluding hydrogens is 448 g/mol. The van der Waals surface area contributed by atoms with Crippen molar-refractivity contribution in [2.24, 2.45) is 5.92 Å². The molecule has 2 N–H and O–H groups in total. The van der Waals surface area contributed by atoms with Crippen LogP contribution in [-0.4, -0.2) is 28.8 Å². The van der Waals surface area contributed by atoms with Gasteiger partial charge < -0.3 is 15.5 Å². The lowest BCUT2D eigenvalue weighted by Crippen LogP contribution is -2.49. The second-order valence-electron chi connectivity index (χ2n) is 10.0. The van der Waals surface area contributed by atoms with E-state index >= 15 is 0 Å². The fourth-order valence-corrected chi connectivity index (χ4v) is 5.76. The number of nitrogens with zero attached hydrogens (tertiary/aromatic N) is 1. The number of amides is 2. The summed E-state index contributed by atoms with van der Waals surface area (Å²) in [7, 11) is 0. The van der Waals surface area contributed by atoms with Crippen LogP contribution in [0.25, 0.3) is 0 Å². The number of piperidine rings is 1. The molecule has 35 heavy (non-hydrogen) atoms. The van der Waals surface area contributed by atoms with E-state index in [4.69, 9.17) is 0 Å². The molecule has 0 aromatic heterocycles. The molecule has 1 saturated heterocycles. The van der Waals surface area contributed by atoms with E-state index in [2.05, 4.69) is 23.3 Å². The van der Waals surface area contributed by atoms with Crippen molar-refractivity contribution in [2.45, 2.75) is 70.1 Å². The minimum absolute atomic E-state index is 0.0854. The zero-order valence-corrected chi connectivity index (χ0v) is 19.8. The van der Waals surface area contributed by atoms with Crippen molar-refractivity contribution < 1.29 is 18.4 Å². The normalized spacial score (nSPS) is 24.5. The highest BCUT2D eigenvalue weighted by Crippen LogP contribution is 2.32. The van der Waals surface area contributed by atoms with Crippen molar-refractivity contribution >= 4 is 11.8 Å². The van der Waals surface area contributed by atoms with Gasteiger partial charge in [-0.2, -0.15) is 0 Å². The maximum atomic E-state index is 14.1. The molecule has 0 radical (unpaired) electrons. The molecule has 2 aromatic carbocycles. The zero-order chi connectivity index (χ0) is 24.5. The fraction of sp³-hybridized carbons (Fsp3) is 0.429. The second kappa shape index (κ2) is 9.90. The monoisotopic (exact) mass is 479 g/mol. The number of carbonyl (C=O) groups excluding carboxylic acids is 2. The van der Waals surface area contributed by atoms with Crippen molar-refractivity contribution in [2.75, 3.05) is 0 Å². The van der Waals surface area contributed by atoms with E-state index in [1.165, 1.54) is 17.7 Å². The summed E-state index contributed by atoms with van der Waals surface area (Å²) in [5, 5.41) is 6.29. The largest absolute Gasteiger partial charge is 0.329 e. The number of fused-ring (bicyclic) bond motifs is 1. The molecule has 1 unspecified atom stereocenters. The van der Waals surface area contributed by atoms with Gasteiger partial charge in [-0.3, -0.25) is 9.59 Å². The molecule has 5 nitrogen and oxygen atoms in total. The topological polar surface area (TPSA) is 61.4 Å². The molecule has 3 aliphatic rings. The Morgan fingerprint density at radius 2 is 1.89 bits per heavy atom. The number of rotatable bonds is 6. The maximum absolute atomic E-state index is 14.1. The minimum Gasteiger partial charge on any atom is -0.329 e. The van der Waals surface area contributed by atoms with Gasteiger partial charge in [0.2, 0.25) is 5.91 Å². The van der Waals surface area contributed by atoms with Crippen LogP contribution in [0.15, 0.2) is 48.7 Å². The van der Waals surface area contributed by atoms with Gasteiger partial charge in [-0.15, -0.1) is 0 Å². The average molecular weight is 480 g/mol. The molecule has 2 aliphatic heterocycles. The van der Waals surface area contributed by atoms with Crippen LogP contribution in [0.3, 0.4) is 0 Å². The van der Waals surface area contributed by atoms with E-state index < -0.39 is 17.7 Å². The highest BCUT2D eigenvalue weighted by molar-refractivity contribution is 6.01. The number of hydrogen-bond acceptors (Lipinski definition) is 3. The van der Waals surface area contributed by atoms with E-state index in [-0.39, 0.29) is 17.9 Å². The van der Waals surface area contributed by atoms with E-state index in [1.807, 2.05) is 12.1 Å². The Hall–Kier alpha value is -3.06. The highest BCUT2D eigenvalue weighted by Gasteiger charge is 2.38. The SMILES string of the molecule is C=C1CCC(N2Cc3cc(C[C@H]4CCCC[C@@H]4NCc4ccc(F)cc4F)ccc3C2=O)C(=O)N1. The minimum atomic E-state index is -0.565. The third-order valence-corrected chi connectivity index (χ3v) is 7.68. The number of benzene rings is 2. The molecule has 2 fully saturated rings. The van der Waals surface area contributed by atoms with Gasteiger partial charge in [-0.1, -0.05) is 37.6 Å². The molecule has 0 spiro atoms. The van der Waals surface area contributed by atoms with Crippen LogP contribution in [0, 0.1) is 17.6 Å². The number of halogens is 2. The Bertz CT molecular complexity index is 1160. The molecule has 0 bridgehead atoms. The van der Waals surface area contributed by atoms with Gasteiger partial charge in [0.15, 0.2) is 0 Å². The van der Waals surface area contributed by atoms with Gasteiger partial charge in [-0.25, -0.2) is 8.78 Å². The number of carbonyl (C=O) groups is 2. The van der Waals surface area contributed by atoms with E-state index in [1.54, 1.807) is 4.90 Å². The summed E-state index contributed by atoms with van der Waals surface area (Å²) in [5.41, 5.74) is 4.00. The summed E-state index contributed by atoms with van der Waals surface area (Å²) in [5.74, 6) is -0.929. The average Bonchev–Trinajstić information content (AvgIpc) is 3.15. The molecule has 7 heteroatoms. The Balaban J connectivity index is 1.25. The first kappa shape index (κ1) is 23.7. The first-order valence-electron chi connectivity index (χ1n) is 12.5. The number of nitrogens with one attached hydrogen (secondary N) is 2. The Morgan fingerprint density at radius 3 is 2.69 bits per heavy atom. The van der Waals surface area contributed by atoms with Crippen LogP contribution in [0.4, 0.5) is 8.78 Å². The lowest BCUT2D eigenvalue weighted by Gasteiger charge is -2.33. The fourth-order valence-electron chi connectivity index (χ4n) is 5.76. The Labute approximate surface area is 204 Å². The summed E-state index contributed by atoms with van der Waals surface area (Å²) in [6, 6.07) is 9.54. The maximum Gasteiger partial charge on any atom is 0.255 e. The van der Waals surface area contributed by atoms with Crippen molar-refractivity contribution in [1.29, 1.82) is 0 Å². The summed E-state index contributed by atoms with van der Waals surface area (Å²) in [6.07, 6.45) is 6.54. The Kier molecular flexibility index (Phi) is 6.69. The Morgan fingerprint density at radius 1 is 1.06 bits per heavy atom. The molecule has 1 aliphatic carbocycles. The van der Waals surface area contributed by atoms with Gasteiger partial charge in [0.25, 0.3) is 5.91 Å². The quantitative estimate of drug-likeness (QED) is 0.637. The number of hydrogen-bond donors (Lipinski definition) is 2. The van der Waals surface area contributed by atoms with Gasteiger partial charge in [0.1, 0.15) is 17.7 Å². The first-order chi connectivity index (χ1) is 16.9. The molecule has 2 heterocycles. The van der Waals surface area contributed by atoms with Crippen LogP contribution < -0.4 is 10.6 Å². The zero-order valence-electron chi connectivity index (χ0n) is 19.8. The van der Waals surface area contributed by atoms with Gasteiger partial charge in [0, 0.05) is 42.0 Å².